The van der Waals surface area contributed by atoms with Crippen molar-refractivity contribution in [3.8, 4) is 11.5 Å². The van der Waals surface area contributed by atoms with Crippen molar-refractivity contribution < 1.29 is 14.3 Å². The molecule has 0 aromatic heterocycles. The van der Waals surface area contributed by atoms with Gasteiger partial charge in [0.1, 0.15) is 17.3 Å². The molecule has 1 aliphatic heterocycles. The lowest BCUT2D eigenvalue weighted by Crippen LogP contribution is -2.62. The number of benzene rings is 2. The summed E-state index contributed by atoms with van der Waals surface area (Å²) >= 11 is 0. The number of Topliss-reactive ketones (excluding diaryl/α,β-unsaturated/α-hetero) is 1. The van der Waals surface area contributed by atoms with Gasteiger partial charge in [0, 0.05) is 42.0 Å². The number of hydrogen-bond donors (Lipinski definition) is 0. The molecule has 35 heavy (non-hydrogen) atoms. The number of aryl methyl sites for hydroxylation is 1. The van der Waals surface area contributed by atoms with Gasteiger partial charge in [-0.25, -0.2) is 0 Å². The number of ether oxygens (including phenoxy) is 2. The number of carbonyl (C=O) groups is 1. The zero-order valence-electron chi connectivity index (χ0n) is 20.8. The number of rotatable bonds is 8. The highest BCUT2D eigenvalue weighted by molar-refractivity contribution is 5.85. The molecule has 4 aliphatic rings. The lowest BCUT2D eigenvalue weighted by molar-refractivity contribution is -0.127. The Kier molecular flexibility index (Phi) is 7.14. The number of likely N-dealkylation sites (tertiary alicyclic amines) is 1. The summed E-state index contributed by atoms with van der Waals surface area (Å²) in [6, 6.07) is 15.4. The summed E-state index contributed by atoms with van der Waals surface area (Å²) in [7, 11) is 1.78. The first-order valence-electron chi connectivity index (χ1n) is 13.3. The Morgan fingerprint density at radius 2 is 1.86 bits per heavy atom. The fourth-order valence-corrected chi connectivity index (χ4v) is 7.26. The molecule has 3 fully saturated rings. The van der Waals surface area contributed by atoms with E-state index in [4.69, 9.17) is 9.47 Å². The summed E-state index contributed by atoms with van der Waals surface area (Å²) in [6.07, 6.45) is 9.32. The van der Waals surface area contributed by atoms with E-state index in [-0.39, 0.29) is 17.8 Å². The van der Waals surface area contributed by atoms with Crippen LogP contribution in [-0.2, 0) is 23.1 Å². The molecule has 1 saturated heterocycles. The minimum atomic E-state index is -0.0810. The van der Waals surface area contributed by atoms with E-state index in [0.29, 0.717) is 30.8 Å². The number of hydrogen-bond acceptors (Lipinski definition) is 4. The molecule has 5 heteroatoms. The van der Waals surface area contributed by atoms with E-state index in [9.17, 15) is 4.79 Å². The topological polar surface area (TPSA) is 38.8 Å². The van der Waals surface area contributed by atoms with Crippen molar-refractivity contribution in [2.75, 3.05) is 26.8 Å². The maximum atomic E-state index is 12.8. The summed E-state index contributed by atoms with van der Waals surface area (Å²) in [6.45, 7) is 3.05. The van der Waals surface area contributed by atoms with Gasteiger partial charge in [-0.2, -0.15) is 0 Å². The highest BCUT2D eigenvalue weighted by Crippen LogP contribution is 2.59. The summed E-state index contributed by atoms with van der Waals surface area (Å²) in [5.74, 6) is 3.83. The molecule has 2 saturated carbocycles. The van der Waals surface area contributed by atoms with Crippen molar-refractivity contribution >= 4 is 18.2 Å². The van der Waals surface area contributed by atoms with Gasteiger partial charge in [-0.15, -0.1) is 12.4 Å². The SMILES string of the molecule is COc1ccc(OCCCc2ccccc2)c2c1[C@]13CCN(CC4CC4)[C@H](C2)[C@@H]1CCC(=O)C3.Cl. The summed E-state index contributed by atoms with van der Waals surface area (Å²) in [5.41, 5.74) is 3.89. The van der Waals surface area contributed by atoms with Crippen molar-refractivity contribution in [3.63, 3.8) is 0 Å². The normalized spacial score (nSPS) is 27.4. The zero-order valence-corrected chi connectivity index (χ0v) is 21.7. The molecule has 1 heterocycles. The highest BCUT2D eigenvalue weighted by Gasteiger charge is 2.57. The molecule has 6 rings (SSSR count). The van der Waals surface area contributed by atoms with Crippen molar-refractivity contribution in [2.45, 2.75) is 69.2 Å². The molecule has 3 aliphatic carbocycles. The monoisotopic (exact) mass is 495 g/mol. The number of carbonyl (C=O) groups excluding carboxylic acids is 1. The number of fused-ring (bicyclic) bond motifs is 1. The van der Waals surface area contributed by atoms with Crippen molar-refractivity contribution in [1.29, 1.82) is 0 Å². The Balaban J connectivity index is 0.00000253. The Hall–Kier alpha value is -2.04. The molecule has 0 unspecified atom stereocenters. The minimum Gasteiger partial charge on any atom is -0.496 e. The highest BCUT2D eigenvalue weighted by atomic mass is 35.5. The van der Waals surface area contributed by atoms with Crippen molar-refractivity contribution in [2.24, 2.45) is 11.8 Å². The van der Waals surface area contributed by atoms with Crippen LogP contribution in [0, 0.1) is 11.8 Å². The average molecular weight is 496 g/mol. The molecule has 2 aromatic rings. The van der Waals surface area contributed by atoms with Crippen LogP contribution in [0.25, 0.3) is 0 Å². The largest absolute Gasteiger partial charge is 0.496 e. The van der Waals surface area contributed by atoms with Crippen LogP contribution in [0.4, 0.5) is 0 Å². The predicted octanol–water partition coefficient (Wildman–Crippen LogP) is 5.78. The van der Waals surface area contributed by atoms with E-state index in [1.54, 1.807) is 7.11 Å². The van der Waals surface area contributed by atoms with E-state index >= 15 is 0 Å². The third kappa shape index (κ3) is 4.60. The van der Waals surface area contributed by atoms with Crippen molar-refractivity contribution in [3.05, 3.63) is 59.2 Å². The van der Waals surface area contributed by atoms with Gasteiger partial charge in [0.05, 0.1) is 13.7 Å². The number of halogens is 1. The Morgan fingerprint density at radius 1 is 1.06 bits per heavy atom. The first-order chi connectivity index (χ1) is 16.7. The van der Waals surface area contributed by atoms with Gasteiger partial charge in [-0.1, -0.05) is 30.3 Å². The second-order valence-corrected chi connectivity index (χ2v) is 11.0. The third-order valence-electron chi connectivity index (χ3n) is 9.00. The van der Waals surface area contributed by atoms with E-state index in [1.807, 2.05) is 0 Å². The molecule has 4 nitrogen and oxygen atoms in total. The molecule has 0 spiro atoms. The number of methoxy groups -OCH3 is 1. The fourth-order valence-electron chi connectivity index (χ4n) is 7.26. The van der Waals surface area contributed by atoms with E-state index in [0.717, 1.165) is 62.5 Å². The molecule has 0 radical (unpaired) electrons. The molecular weight excluding hydrogens is 458 g/mol. The first kappa shape index (κ1) is 24.6. The average Bonchev–Trinajstić information content (AvgIpc) is 3.68. The smallest absolute Gasteiger partial charge is 0.133 e. The molecular formula is C30H38ClNO3. The first-order valence-corrected chi connectivity index (χ1v) is 13.3. The second kappa shape index (κ2) is 10.1. The molecule has 3 atom stereocenters. The minimum absolute atomic E-state index is 0. The molecule has 188 valence electrons. The Labute approximate surface area is 215 Å². The van der Waals surface area contributed by atoms with Crippen LogP contribution in [0.15, 0.2) is 42.5 Å². The fraction of sp³-hybridized carbons (Fsp3) is 0.567. The van der Waals surface area contributed by atoms with Crippen LogP contribution in [0.1, 0.15) is 61.6 Å². The van der Waals surface area contributed by atoms with E-state index in [1.165, 1.54) is 36.1 Å². The van der Waals surface area contributed by atoms with Crippen LogP contribution in [-0.4, -0.2) is 43.5 Å². The van der Waals surface area contributed by atoms with Gasteiger partial charge in [0.25, 0.3) is 0 Å². The van der Waals surface area contributed by atoms with Gasteiger partial charge in [0.2, 0.25) is 0 Å². The number of ketones is 1. The van der Waals surface area contributed by atoms with Crippen LogP contribution < -0.4 is 9.47 Å². The van der Waals surface area contributed by atoms with Gasteiger partial charge in [0.15, 0.2) is 0 Å². The summed E-state index contributed by atoms with van der Waals surface area (Å²) < 4.78 is 12.4. The Morgan fingerprint density at radius 3 is 2.63 bits per heavy atom. The van der Waals surface area contributed by atoms with E-state index < -0.39 is 0 Å². The lowest BCUT2D eigenvalue weighted by Gasteiger charge is -2.59. The number of piperidine rings is 1. The van der Waals surface area contributed by atoms with Crippen molar-refractivity contribution in [1.82, 2.24) is 4.90 Å². The number of nitrogens with zero attached hydrogens (tertiary/aromatic N) is 1. The van der Waals surface area contributed by atoms with Gasteiger partial charge >= 0.3 is 0 Å². The summed E-state index contributed by atoms with van der Waals surface area (Å²) in [4.78, 5) is 15.6. The quantitative estimate of drug-likeness (QED) is 0.435. The standard InChI is InChI=1S/C30H37NO3.ClH/c1-33-28-14-13-27(34-17-5-8-21-6-3-2-4-7-21)24-18-26-25-12-11-23(32)19-30(25,29(24)28)15-16-31(26)20-22-9-10-22;/h2-4,6-7,13-14,22,25-26H,5,8-12,15-20H2,1H3;1H/t25-,26+,30-;/m0./s1. The molecule has 2 aromatic carbocycles. The van der Waals surface area contributed by atoms with Crippen LogP contribution in [0.3, 0.4) is 0 Å². The molecule has 0 amide bonds. The van der Waals surface area contributed by atoms with Gasteiger partial charge in [-0.3, -0.25) is 9.69 Å². The molecule has 2 bridgehead atoms. The van der Waals surface area contributed by atoms with Crippen LogP contribution >= 0.6 is 12.4 Å². The lowest BCUT2D eigenvalue weighted by atomic mass is 9.52. The van der Waals surface area contributed by atoms with Crippen LogP contribution in [0.2, 0.25) is 0 Å². The predicted molar refractivity (Wildman–Crippen MR) is 141 cm³/mol. The van der Waals surface area contributed by atoms with E-state index in [2.05, 4.69) is 47.4 Å². The molecule has 0 N–H and O–H groups in total. The van der Waals surface area contributed by atoms with Gasteiger partial charge < -0.3 is 9.47 Å². The maximum Gasteiger partial charge on any atom is 0.133 e. The second-order valence-electron chi connectivity index (χ2n) is 11.0. The zero-order chi connectivity index (χ0) is 23.1. The maximum absolute atomic E-state index is 12.8. The van der Waals surface area contributed by atoms with Gasteiger partial charge in [-0.05, 0) is 81.0 Å². The Bertz CT molecular complexity index is 1050. The van der Waals surface area contributed by atoms with Crippen LogP contribution in [0.5, 0.6) is 11.5 Å². The third-order valence-corrected chi connectivity index (χ3v) is 9.00. The summed E-state index contributed by atoms with van der Waals surface area (Å²) in [5, 5.41) is 0.